The average molecular weight is 290 g/mol. The monoisotopic (exact) mass is 290 g/mol. The fourth-order valence-corrected chi connectivity index (χ4v) is 3.00. The van der Waals surface area contributed by atoms with Crippen molar-refractivity contribution in [3.05, 3.63) is 65.7 Å². The molecule has 0 spiro atoms. The lowest BCUT2D eigenvalue weighted by Gasteiger charge is -2.35. The van der Waals surface area contributed by atoms with E-state index in [0.29, 0.717) is 23.8 Å². The second-order valence-corrected chi connectivity index (χ2v) is 5.89. The van der Waals surface area contributed by atoms with Crippen LogP contribution < -0.4 is 5.32 Å². The average Bonchev–Trinajstić information content (AvgIpc) is 2.52. The minimum Gasteiger partial charge on any atom is -0.326 e. The number of hydrogen-bond acceptors (Lipinski definition) is 2. The molecule has 2 aromatic carbocycles. The van der Waals surface area contributed by atoms with Gasteiger partial charge < -0.3 is 5.32 Å². The number of anilines is 1. The Balaban J connectivity index is 1.46. The predicted octanol–water partition coefficient (Wildman–Crippen LogP) is 4.08. The molecule has 3 rings (SSSR count). The number of benzene rings is 2. The molecule has 0 bridgehead atoms. The molecule has 0 saturated heterocycles. The second-order valence-electron chi connectivity index (χ2n) is 5.89. The fraction of sp³-hybridized carbons (Fsp3) is 0.263. The molecule has 1 amide bonds. The van der Waals surface area contributed by atoms with E-state index in [0.717, 1.165) is 18.5 Å². The van der Waals surface area contributed by atoms with E-state index in [1.54, 1.807) is 24.3 Å². The molecule has 1 saturated carbocycles. The largest absolute Gasteiger partial charge is 0.326 e. The van der Waals surface area contributed by atoms with E-state index in [1.807, 2.05) is 6.07 Å². The summed E-state index contributed by atoms with van der Waals surface area (Å²) in [6.45, 7) is 0. The number of rotatable bonds is 4. The van der Waals surface area contributed by atoms with E-state index in [4.69, 9.17) is 5.26 Å². The highest BCUT2D eigenvalue weighted by Crippen LogP contribution is 2.43. The Labute approximate surface area is 130 Å². The highest BCUT2D eigenvalue weighted by molar-refractivity contribution is 5.90. The molecule has 1 fully saturated rings. The summed E-state index contributed by atoms with van der Waals surface area (Å²) < 4.78 is 0. The van der Waals surface area contributed by atoms with Crippen molar-refractivity contribution in [1.29, 1.82) is 5.26 Å². The molecule has 3 heteroatoms. The van der Waals surface area contributed by atoms with E-state index >= 15 is 0 Å². The Morgan fingerprint density at radius 3 is 2.41 bits per heavy atom. The minimum absolute atomic E-state index is 0.0567. The Morgan fingerprint density at radius 2 is 1.77 bits per heavy atom. The number of carbonyl (C=O) groups excluding carboxylic acids is 1. The Bertz CT molecular complexity index is 680. The van der Waals surface area contributed by atoms with Crippen LogP contribution in [0.2, 0.25) is 0 Å². The molecule has 0 aliphatic heterocycles. The van der Waals surface area contributed by atoms with Gasteiger partial charge in [-0.15, -0.1) is 0 Å². The molecular formula is C19H18N2O. The first-order valence-electron chi connectivity index (χ1n) is 7.59. The van der Waals surface area contributed by atoms with Crippen LogP contribution in [0.1, 0.15) is 36.3 Å². The fourth-order valence-electron chi connectivity index (χ4n) is 3.00. The second kappa shape index (κ2) is 6.44. The molecule has 110 valence electrons. The highest BCUT2D eigenvalue weighted by atomic mass is 16.1. The van der Waals surface area contributed by atoms with Crippen LogP contribution in [0, 0.1) is 17.2 Å². The molecule has 0 radical (unpaired) electrons. The SMILES string of the molecule is N#Cc1ccc(NC(=O)CC2CC(c3ccccc3)C2)cc1. The first-order chi connectivity index (χ1) is 10.7. The van der Waals surface area contributed by atoms with Crippen molar-refractivity contribution in [3.8, 4) is 6.07 Å². The van der Waals surface area contributed by atoms with Crippen molar-refractivity contribution in [3.63, 3.8) is 0 Å². The van der Waals surface area contributed by atoms with Crippen LogP contribution in [0.15, 0.2) is 54.6 Å². The molecule has 0 unspecified atom stereocenters. The van der Waals surface area contributed by atoms with Crippen LogP contribution >= 0.6 is 0 Å². The van der Waals surface area contributed by atoms with Gasteiger partial charge in [-0.25, -0.2) is 0 Å². The third-order valence-corrected chi connectivity index (χ3v) is 4.28. The van der Waals surface area contributed by atoms with Gasteiger partial charge in [0.2, 0.25) is 5.91 Å². The number of nitrogens with zero attached hydrogens (tertiary/aromatic N) is 1. The lowest BCUT2D eigenvalue weighted by Crippen LogP contribution is -2.26. The Hall–Kier alpha value is -2.60. The van der Waals surface area contributed by atoms with Gasteiger partial charge in [-0.05, 0) is 54.5 Å². The number of nitrogens with one attached hydrogen (secondary N) is 1. The summed E-state index contributed by atoms with van der Waals surface area (Å²) in [6.07, 6.45) is 2.75. The smallest absolute Gasteiger partial charge is 0.224 e. The standard InChI is InChI=1S/C19H18N2O/c20-13-14-6-8-18(9-7-14)21-19(22)12-15-10-17(11-15)16-4-2-1-3-5-16/h1-9,15,17H,10-12H2,(H,21,22). The van der Waals surface area contributed by atoms with Gasteiger partial charge >= 0.3 is 0 Å². The van der Waals surface area contributed by atoms with Gasteiger partial charge in [0, 0.05) is 12.1 Å². The van der Waals surface area contributed by atoms with Crippen LogP contribution in [0.25, 0.3) is 0 Å². The number of amides is 1. The van der Waals surface area contributed by atoms with Gasteiger partial charge in [0.15, 0.2) is 0 Å². The van der Waals surface area contributed by atoms with Crippen LogP contribution in [0.3, 0.4) is 0 Å². The summed E-state index contributed by atoms with van der Waals surface area (Å²) in [5, 5.41) is 11.6. The third kappa shape index (κ3) is 3.35. The van der Waals surface area contributed by atoms with Crippen molar-refractivity contribution in [2.45, 2.75) is 25.2 Å². The van der Waals surface area contributed by atoms with Crippen LogP contribution in [-0.2, 0) is 4.79 Å². The van der Waals surface area contributed by atoms with Gasteiger partial charge in [0.25, 0.3) is 0 Å². The molecule has 0 heterocycles. The predicted molar refractivity (Wildman–Crippen MR) is 86.3 cm³/mol. The van der Waals surface area contributed by atoms with Gasteiger partial charge in [-0.1, -0.05) is 30.3 Å². The molecule has 2 aromatic rings. The lowest BCUT2D eigenvalue weighted by molar-refractivity contribution is -0.117. The maximum Gasteiger partial charge on any atom is 0.224 e. The highest BCUT2D eigenvalue weighted by Gasteiger charge is 2.31. The van der Waals surface area contributed by atoms with Gasteiger partial charge in [0.1, 0.15) is 0 Å². The van der Waals surface area contributed by atoms with E-state index in [1.165, 1.54) is 5.56 Å². The van der Waals surface area contributed by atoms with Crippen LogP contribution in [0.5, 0.6) is 0 Å². The van der Waals surface area contributed by atoms with Gasteiger partial charge in [-0.2, -0.15) is 5.26 Å². The molecule has 1 aliphatic rings. The van der Waals surface area contributed by atoms with Crippen LogP contribution in [-0.4, -0.2) is 5.91 Å². The number of nitriles is 1. The maximum absolute atomic E-state index is 12.0. The van der Waals surface area contributed by atoms with E-state index < -0.39 is 0 Å². The van der Waals surface area contributed by atoms with Gasteiger partial charge in [-0.3, -0.25) is 4.79 Å². The molecule has 1 aliphatic carbocycles. The topological polar surface area (TPSA) is 52.9 Å². The Morgan fingerprint density at radius 1 is 1.09 bits per heavy atom. The summed E-state index contributed by atoms with van der Waals surface area (Å²) in [5.41, 5.74) is 2.73. The zero-order chi connectivity index (χ0) is 15.4. The van der Waals surface area contributed by atoms with Crippen molar-refractivity contribution in [2.24, 2.45) is 5.92 Å². The third-order valence-electron chi connectivity index (χ3n) is 4.28. The summed E-state index contributed by atoms with van der Waals surface area (Å²) in [5.74, 6) is 1.14. The quantitative estimate of drug-likeness (QED) is 0.922. The molecule has 22 heavy (non-hydrogen) atoms. The molecular weight excluding hydrogens is 272 g/mol. The maximum atomic E-state index is 12.0. The Kier molecular flexibility index (Phi) is 4.20. The lowest BCUT2D eigenvalue weighted by atomic mass is 9.70. The number of hydrogen-bond donors (Lipinski definition) is 1. The van der Waals surface area contributed by atoms with Crippen molar-refractivity contribution < 1.29 is 4.79 Å². The number of carbonyl (C=O) groups is 1. The van der Waals surface area contributed by atoms with Crippen molar-refractivity contribution in [2.75, 3.05) is 5.32 Å². The zero-order valence-electron chi connectivity index (χ0n) is 12.3. The molecule has 1 N–H and O–H groups in total. The van der Waals surface area contributed by atoms with Crippen molar-refractivity contribution >= 4 is 11.6 Å². The van der Waals surface area contributed by atoms with E-state index in [-0.39, 0.29) is 5.91 Å². The van der Waals surface area contributed by atoms with Crippen LogP contribution in [0.4, 0.5) is 5.69 Å². The molecule has 0 atom stereocenters. The van der Waals surface area contributed by atoms with Crippen molar-refractivity contribution in [1.82, 2.24) is 0 Å². The zero-order valence-corrected chi connectivity index (χ0v) is 12.3. The molecule has 0 aromatic heterocycles. The normalized spacial score (nSPS) is 19.8. The first kappa shape index (κ1) is 14.3. The summed E-state index contributed by atoms with van der Waals surface area (Å²) >= 11 is 0. The molecule has 3 nitrogen and oxygen atoms in total. The summed E-state index contributed by atoms with van der Waals surface area (Å²) in [4.78, 5) is 12.0. The van der Waals surface area contributed by atoms with Gasteiger partial charge in [0.05, 0.1) is 11.6 Å². The van der Waals surface area contributed by atoms with E-state index in [9.17, 15) is 4.79 Å². The first-order valence-corrected chi connectivity index (χ1v) is 7.59. The summed E-state index contributed by atoms with van der Waals surface area (Å²) in [6, 6.07) is 19.5. The van der Waals surface area contributed by atoms with E-state index in [2.05, 4.69) is 35.7 Å². The summed E-state index contributed by atoms with van der Waals surface area (Å²) in [7, 11) is 0. The minimum atomic E-state index is 0.0567.